The number of phosphoric ester groups is 1. The highest BCUT2D eigenvalue weighted by atomic mass is 31.2. The van der Waals surface area contributed by atoms with Gasteiger partial charge in [-0.15, -0.1) is 0 Å². The molecule has 5 atom stereocenters. The third-order valence-corrected chi connectivity index (χ3v) is 3.99. The van der Waals surface area contributed by atoms with Crippen molar-refractivity contribution in [1.82, 2.24) is 0 Å². The van der Waals surface area contributed by atoms with E-state index < -0.39 is 20.0 Å². The van der Waals surface area contributed by atoms with Crippen LogP contribution >= 0.6 is 7.82 Å². The monoisotopic (exact) mass is 245 g/mol. The van der Waals surface area contributed by atoms with Crippen molar-refractivity contribution < 1.29 is 23.2 Å². The quantitative estimate of drug-likeness (QED) is 0.539. The van der Waals surface area contributed by atoms with E-state index >= 15 is 0 Å². The fourth-order valence-corrected chi connectivity index (χ4v) is 3.46. The molecule has 0 amide bonds. The Bertz CT molecular complexity index is 310. The van der Waals surface area contributed by atoms with Crippen LogP contribution in [-0.2, 0) is 18.3 Å². The molecule has 1 saturated heterocycles. The van der Waals surface area contributed by atoms with Crippen LogP contribution in [0.4, 0.5) is 0 Å². The molecule has 0 spiro atoms. The topological polar surface area (TPSA) is 67.8 Å². The lowest BCUT2D eigenvalue weighted by Crippen LogP contribution is -2.38. The molecule has 2 aliphatic rings. The molecule has 0 aromatic carbocycles. The van der Waals surface area contributed by atoms with E-state index in [1.165, 1.54) is 0 Å². The molecule has 90 valence electrons. The van der Waals surface area contributed by atoms with Crippen molar-refractivity contribution in [1.29, 1.82) is 0 Å². The molecule has 3 unspecified atom stereocenters. The highest BCUT2D eigenvalue weighted by Crippen LogP contribution is 2.57. The number of hydrogen-bond acceptors (Lipinski definition) is 5. The van der Waals surface area contributed by atoms with Gasteiger partial charge in [0.05, 0.1) is 32.8 Å². The van der Waals surface area contributed by atoms with Crippen molar-refractivity contribution in [3.05, 3.63) is 0 Å². The van der Waals surface area contributed by atoms with Crippen LogP contribution in [0.2, 0.25) is 5.82 Å². The van der Waals surface area contributed by atoms with E-state index in [9.17, 15) is 9.46 Å². The van der Waals surface area contributed by atoms with Crippen LogP contribution in [0.25, 0.3) is 0 Å². The van der Waals surface area contributed by atoms with Gasteiger partial charge in [0.2, 0.25) is 0 Å². The molecule has 2 rings (SSSR count). The molecule has 16 heavy (non-hydrogen) atoms. The van der Waals surface area contributed by atoms with Gasteiger partial charge in [0.25, 0.3) is 7.82 Å². The van der Waals surface area contributed by atoms with E-state index in [1.807, 2.05) is 13.8 Å². The Morgan fingerprint density at radius 1 is 1.56 bits per heavy atom. The molecule has 1 aliphatic heterocycles. The van der Waals surface area contributed by atoms with Gasteiger partial charge in [0, 0.05) is 5.92 Å². The van der Waals surface area contributed by atoms with E-state index in [0.29, 0.717) is 13.0 Å². The summed E-state index contributed by atoms with van der Waals surface area (Å²) < 4.78 is 26.5. The lowest BCUT2D eigenvalue weighted by Gasteiger charge is -2.38. The Hall–Kier alpha value is 0.135. The van der Waals surface area contributed by atoms with E-state index in [4.69, 9.17) is 21.6 Å². The summed E-state index contributed by atoms with van der Waals surface area (Å²) in [6.45, 7) is 4.26. The average Bonchev–Trinajstić information content (AvgIpc) is 2.31. The predicted molar refractivity (Wildman–Crippen MR) is 56.1 cm³/mol. The molecule has 1 saturated carbocycles. The molecule has 0 aromatic heterocycles. The second-order valence-electron chi connectivity index (χ2n) is 4.61. The minimum Gasteiger partial charge on any atom is -0.756 e. The zero-order valence-electron chi connectivity index (χ0n) is 9.37. The van der Waals surface area contributed by atoms with E-state index in [0.717, 1.165) is 0 Å². The minimum atomic E-state index is -4.14. The SMILES string of the molecule is [B][C@H]1CC2OP(=O)([O-])OC1[C@@H]2COC(C)C. The smallest absolute Gasteiger partial charge is 0.268 e. The van der Waals surface area contributed by atoms with Gasteiger partial charge in [-0.2, -0.15) is 0 Å². The predicted octanol–water partition coefficient (Wildman–Crippen LogP) is 0.641. The van der Waals surface area contributed by atoms with Crippen molar-refractivity contribution in [2.75, 3.05) is 6.61 Å². The number of hydrogen-bond donors (Lipinski definition) is 0. The van der Waals surface area contributed by atoms with Crippen LogP contribution in [0, 0.1) is 5.92 Å². The summed E-state index contributed by atoms with van der Waals surface area (Å²) in [5.41, 5.74) is 0. The van der Waals surface area contributed by atoms with Gasteiger partial charge in [0.15, 0.2) is 0 Å². The highest BCUT2D eigenvalue weighted by molar-refractivity contribution is 7.46. The van der Waals surface area contributed by atoms with Crippen LogP contribution in [0.15, 0.2) is 0 Å². The van der Waals surface area contributed by atoms with E-state index in [2.05, 4.69) is 0 Å². The summed E-state index contributed by atoms with van der Waals surface area (Å²) in [4.78, 5) is 11.2. The van der Waals surface area contributed by atoms with Crippen LogP contribution < -0.4 is 4.89 Å². The molecule has 0 N–H and O–H groups in total. The number of rotatable bonds is 3. The fraction of sp³-hybridized carbons (Fsp3) is 1.00. The van der Waals surface area contributed by atoms with Crippen molar-refractivity contribution in [2.45, 2.75) is 44.4 Å². The first-order valence-electron chi connectivity index (χ1n) is 5.44. The molecule has 0 aromatic rings. The maximum absolute atomic E-state index is 11.2. The summed E-state index contributed by atoms with van der Waals surface area (Å²) >= 11 is 0. The zero-order valence-corrected chi connectivity index (χ0v) is 10.3. The van der Waals surface area contributed by atoms with Gasteiger partial charge >= 0.3 is 0 Å². The van der Waals surface area contributed by atoms with Crippen molar-refractivity contribution in [3.63, 3.8) is 0 Å². The van der Waals surface area contributed by atoms with Crippen LogP contribution in [-0.4, -0.2) is 32.8 Å². The van der Waals surface area contributed by atoms with Gasteiger partial charge in [-0.25, -0.2) is 0 Å². The molecule has 1 heterocycles. The number of ether oxygens (including phenoxy) is 1. The fourth-order valence-electron chi connectivity index (χ4n) is 2.23. The van der Waals surface area contributed by atoms with E-state index in [1.54, 1.807) is 0 Å². The molecule has 5 nitrogen and oxygen atoms in total. The second-order valence-corrected chi connectivity index (χ2v) is 5.92. The lowest BCUT2D eigenvalue weighted by atomic mass is 9.83. The zero-order chi connectivity index (χ0) is 11.9. The molecule has 2 radical (unpaired) electrons. The molecule has 7 heteroatoms. The van der Waals surface area contributed by atoms with Crippen molar-refractivity contribution >= 4 is 15.7 Å². The third kappa shape index (κ3) is 2.52. The maximum atomic E-state index is 11.2. The standard InChI is InChI=1S/C9H16BO5P/c1-5(2)13-4-6-8-3-7(10)9(6)15-16(11,12)14-8/h5-9H,3-4H2,1-2H3,(H,11,12)/p-1/t6-,7+,8?,9?/m1/s1. The normalized spacial score (nSPS) is 47.5. The van der Waals surface area contributed by atoms with Gasteiger partial charge in [-0.1, -0.05) is 0 Å². The summed E-state index contributed by atoms with van der Waals surface area (Å²) in [6.07, 6.45) is -0.295. The van der Waals surface area contributed by atoms with Crippen molar-refractivity contribution in [2.24, 2.45) is 5.92 Å². The second kappa shape index (κ2) is 4.43. The summed E-state index contributed by atoms with van der Waals surface area (Å²) in [7, 11) is 1.67. The van der Waals surface area contributed by atoms with Crippen LogP contribution in [0.3, 0.4) is 0 Å². The van der Waals surface area contributed by atoms with Gasteiger partial charge in [0.1, 0.15) is 0 Å². The Morgan fingerprint density at radius 2 is 2.25 bits per heavy atom. The minimum absolute atomic E-state index is 0.0894. The van der Waals surface area contributed by atoms with Crippen LogP contribution in [0.1, 0.15) is 20.3 Å². The molecule has 2 bridgehead atoms. The van der Waals surface area contributed by atoms with Crippen LogP contribution in [0.5, 0.6) is 0 Å². The third-order valence-electron chi connectivity index (χ3n) is 2.96. The molecule has 1 aliphatic carbocycles. The van der Waals surface area contributed by atoms with Gasteiger partial charge < -0.3 is 18.7 Å². The molecular formula is C9H15BO5P-. The summed E-state index contributed by atoms with van der Waals surface area (Å²) in [5, 5.41) is 0. The number of phosphoric acid groups is 1. The lowest BCUT2D eigenvalue weighted by molar-refractivity contribution is -0.246. The first-order chi connectivity index (χ1) is 7.39. The summed E-state index contributed by atoms with van der Waals surface area (Å²) in [6, 6.07) is 0. The number of fused-ring (bicyclic) bond motifs is 2. The molecule has 2 fully saturated rings. The van der Waals surface area contributed by atoms with Gasteiger partial charge in [-0.05, 0) is 26.1 Å². The summed E-state index contributed by atoms with van der Waals surface area (Å²) in [5.74, 6) is -0.385. The maximum Gasteiger partial charge on any atom is 0.268 e. The first-order valence-corrected chi connectivity index (χ1v) is 6.90. The molecular weight excluding hydrogens is 230 g/mol. The Kier molecular flexibility index (Phi) is 3.48. The Balaban J connectivity index is 2.03. The highest BCUT2D eigenvalue weighted by Gasteiger charge is 2.49. The Labute approximate surface area is 96.5 Å². The largest absolute Gasteiger partial charge is 0.756 e. The first kappa shape index (κ1) is 12.6. The van der Waals surface area contributed by atoms with Gasteiger partial charge in [-0.3, -0.25) is 4.57 Å². The van der Waals surface area contributed by atoms with Crippen molar-refractivity contribution in [3.8, 4) is 0 Å². The average molecular weight is 245 g/mol. The Morgan fingerprint density at radius 3 is 2.81 bits per heavy atom. The van der Waals surface area contributed by atoms with E-state index in [-0.39, 0.29) is 17.8 Å².